The van der Waals surface area contributed by atoms with Crippen LogP contribution in [0.15, 0.2) is 36.7 Å². The second kappa shape index (κ2) is 5.66. The molecule has 0 unspecified atom stereocenters. The number of fused-ring (bicyclic) bond motifs is 1. The molecular formula is C17H19N3O. The number of nitrogens with one attached hydrogen (secondary N) is 1. The number of amides is 1. The lowest BCUT2D eigenvalue weighted by Gasteiger charge is -2.26. The van der Waals surface area contributed by atoms with Crippen LogP contribution in [0, 0.1) is 6.92 Å². The summed E-state index contributed by atoms with van der Waals surface area (Å²) in [5, 5.41) is 3.00. The monoisotopic (exact) mass is 281 g/mol. The van der Waals surface area contributed by atoms with Crippen LogP contribution in [0.1, 0.15) is 27.0 Å². The summed E-state index contributed by atoms with van der Waals surface area (Å²) >= 11 is 0. The van der Waals surface area contributed by atoms with E-state index in [1.54, 1.807) is 6.20 Å². The van der Waals surface area contributed by atoms with E-state index in [4.69, 9.17) is 0 Å². The molecule has 0 radical (unpaired) electrons. The minimum atomic E-state index is -0.0711. The number of aromatic nitrogens is 1. The molecule has 0 spiro atoms. The van der Waals surface area contributed by atoms with Crippen LogP contribution in [0.25, 0.3) is 0 Å². The van der Waals surface area contributed by atoms with Crippen molar-refractivity contribution >= 4 is 11.6 Å². The molecule has 1 amide bonds. The predicted octanol–water partition coefficient (Wildman–Crippen LogP) is 2.63. The Morgan fingerprint density at radius 3 is 2.90 bits per heavy atom. The van der Waals surface area contributed by atoms with Crippen LogP contribution in [0.2, 0.25) is 0 Å². The van der Waals surface area contributed by atoms with Crippen LogP contribution in [0.4, 0.5) is 5.69 Å². The van der Waals surface area contributed by atoms with Gasteiger partial charge < -0.3 is 10.2 Å². The molecule has 1 N–H and O–H groups in total. The number of aryl methyl sites for hydroxylation is 1. The van der Waals surface area contributed by atoms with Gasteiger partial charge in [-0.3, -0.25) is 9.78 Å². The molecule has 1 aromatic carbocycles. The molecule has 0 bridgehead atoms. The molecule has 1 aliphatic heterocycles. The molecule has 3 rings (SSSR count). The molecule has 4 heteroatoms. The summed E-state index contributed by atoms with van der Waals surface area (Å²) < 4.78 is 0. The molecule has 2 heterocycles. The van der Waals surface area contributed by atoms with Gasteiger partial charge in [-0.15, -0.1) is 0 Å². The van der Waals surface area contributed by atoms with Crippen LogP contribution in [0.5, 0.6) is 0 Å². The normalized spacial score (nSPS) is 14.6. The first-order valence-corrected chi connectivity index (χ1v) is 7.16. The second-order valence-electron chi connectivity index (χ2n) is 5.58. The fraction of sp³-hybridized carbons (Fsp3) is 0.294. The maximum Gasteiger partial charge on any atom is 0.257 e. The molecule has 1 aliphatic rings. The number of hydrogen-bond donors (Lipinski definition) is 1. The van der Waals surface area contributed by atoms with E-state index < -0.39 is 0 Å². The van der Waals surface area contributed by atoms with Crippen LogP contribution < -0.4 is 5.32 Å². The van der Waals surface area contributed by atoms with Gasteiger partial charge in [0.25, 0.3) is 5.91 Å². The van der Waals surface area contributed by atoms with E-state index in [1.165, 1.54) is 0 Å². The first-order chi connectivity index (χ1) is 10.1. The van der Waals surface area contributed by atoms with Gasteiger partial charge in [-0.05, 0) is 43.1 Å². The van der Waals surface area contributed by atoms with Gasteiger partial charge in [0.15, 0.2) is 0 Å². The van der Waals surface area contributed by atoms with E-state index >= 15 is 0 Å². The number of pyridine rings is 1. The lowest BCUT2D eigenvalue weighted by Crippen LogP contribution is -2.29. The lowest BCUT2D eigenvalue weighted by atomic mass is 9.97. The highest BCUT2D eigenvalue weighted by Crippen LogP contribution is 2.22. The van der Waals surface area contributed by atoms with E-state index in [9.17, 15) is 4.79 Å². The number of benzene rings is 1. The van der Waals surface area contributed by atoms with E-state index in [1.807, 2.05) is 37.4 Å². The van der Waals surface area contributed by atoms with E-state index in [2.05, 4.69) is 22.2 Å². The van der Waals surface area contributed by atoms with Gasteiger partial charge in [0.1, 0.15) is 0 Å². The molecule has 0 saturated heterocycles. The zero-order chi connectivity index (χ0) is 14.8. The lowest BCUT2D eigenvalue weighted by molar-refractivity contribution is 0.102. The van der Waals surface area contributed by atoms with Gasteiger partial charge in [-0.25, -0.2) is 0 Å². The largest absolute Gasteiger partial charge is 0.322 e. The SMILES string of the molecule is Cc1ccccc1NC(=O)c1cncc2c1CCN(C)C2. The maximum atomic E-state index is 12.6. The van der Waals surface area contributed by atoms with Gasteiger partial charge in [0.2, 0.25) is 0 Å². The minimum absolute atomic E-state index is 0.0711. The van der Waals surface area contributed by atoms with Crippen molar-refractivity contribution in [3.05, 3.63) is 58.9 Å². The highest BCUT2D eigenvalue weighted by molar-refractivity contribution is 6.05. The molecule has 0 fully saturated rings. The van der Waals surface area contributed by atoms with Crippen molar-refractivity contribution in [2.75, 3.05) is 18.9 Å². The second-order valence-corrected chi connectivity index (χ2v) is 5.58. The number of carbonyl (C=O) groups is 1. The number of hydrogen-bond acceptors (Lipinski definition) is 3. The fourth-order valence-corrected chi connectivity index (χ4v) is 2.73. The van der Waals surface area contributed by atoms with Crippen molar-refractivity contribution in [2.24, 2.45) is 0 Å². The van der Waals surface area contributed by atoms with E-state index in [0.29, 0.717) is 5.56 Å². The average Bonchev–Trinajstić information content (AvgIpc) is 2.48. The number of anilines is 1. The Balaban J connectivity index is 1.89. The van der Waals surface area contributed by atoms with Gasteiger partial charge in [-0.2, -0.15) is 0 Å². The number of likely N-dealkylation sites (N-methyl/N-ethyl adjacent to an activating group) is 1. The van der Waals surface area contributed by atoms with Gasteiger partial charge in [-0.1, -0.05) is 18.2 Å². The number of carbonyl (C=O) groups excluding carboxylic acids is 1. The molecule has 0 atom stereocenters. The maximum absolute atomic E-state index is 12.6. The van der Waals surface area contributed by atoms with Gasteiger partial charge in [0.05, 0.1) is 5.56 Å². The minimum Gasteiger partial charge on any atom is -0.322 e. The van der Waals surface area contributed by atoms with Crippen molar-refractivity contribution < 1.29 is 4.79 Å². The Bertz CT molecular complexity index is 681. The number of rotatable bonds is 2. The Labute approximate surface area is 124 Å². The highest BCUT2D eigenvalue weighted by atomic mass is 16.1. The average molecular weight is 281 g/mol. The van der Waals surface area contributed by atoms with Crippen molar-refractivity contribution in [1.82, 2.24) is 9.88 Å². The van der Waals surface area contributed by atoms with Gasteiger partial charge in [0, 0.05) is 31.2 Å². The summed E-state index contributed by atoms with van der Waals surface area (Å²) in [4.78, 5) is 19.0. The summed E-state index contributed by atoms with van der Waals surface area (Å²) in [6, 6.07) is 7.80. The number of para-hydroxylation sites is 1. The van der Waals surface area contributed by atoms with Gasteiger partial charge >= 0.3 is 0 Å². The Morgan fingerprint density at radius 2 is 2.10 bits per heavy atom. The van der Waals surface area contributed by atoms with Crippen LogP contribution in [-0.2, 0) is 13.0 Å². The summed E-state index contributed by atoms with van der Waals surface area (Å²) in [7, 11) is 2.09. The summed E-state index contributed by atoms with van der Waals surface area (Å²) in [5.41, 5.74) is 4.90. The van der Waals surface area contributed by atoms with Crippen molar-refractivity contribution in [2.45, 2.75) is 19.9 Å². The topological polar surface area (TPSA) is 45.2 Å². The smallest absolute Gasteiger partial charge is 0.257 e. The molecular weight excluding hydrogens is 262 g/mol. The van der Waals surface area contributed by atoms with Crippen molar-refractivity contribution in [3.63, 3.8) is 0 Å². The highest BCUT2D eigenvalue weighted by Gasteiger charge is 2.20. The molecule has 1 aromatic heterocycles. The number of nitrogens with zero attached hydrogens (tertiary/aromatic N) is 2. The first-order valence-electron chi connectivity index (χ1n) is 7.16. The third kappa shape index (κ3) is 2.81. The Kier molecular flexibility index (Phi) is 3.71. The molecule has 21 heavy (non-hydrogen) atoms. The van der Waals surface area contributed by atoms with Crippen LogP contribution in [-0.4, -0.2) is 29.4 Å². The summed E-state index contributed by atoms with van der Waals surface area (Å²) in [6.45, 7) is 3.82. The van der Waals surface area contributed by atoms with Crippen LogP contribution in [0.3, 0.4) is 0 Å². The Hall–Kier alpha value is -2.20. The molecule has 0 saturated carbocycles. The third-order valence-corrected chi connectivity index (χ3v) is 3.97. The summed E-state index contributed by atoms with van der Waals surface area (Å²) in [5.74, 6) is -0.0711. The Morgan fingerprint density at radius 1 is 1.29 bits per heavy atom. The molecule has 0 aliphatic carbocycles. The molecule has 108 valence electrons. The molecule has 2 aromatic rings. The summed E-state index contributed by atoms with van der Waals surface area (Å²) in [6.07, 6.45) is 4.44. The third-order valence-electron chi connectivity index (χ3n) is 3.97. The fourth-order valence-electron chi connectivity index (χ4n) is 2.73. The van der Waals surface area contributed by atoms with E-state index in [0.717, 1.165) is 41.9 Å². The van der Waals surface area contributed by atoms with Crippen molar-refractivity contribution in [3.8, 4) is 0 Å². The zero-order valence-electron chi connectivity index (χ0n) is 12.4. The zero-order valence-corrected chi connectivity index (χ0v) is 12.4. The molecule has 4 nitrogen and oxygen atoms in total. The van der Waals surface area contributed by atoms with Crippen molar-refractivity contribution in [1.29, 1.82) is 0 Å². The standard InChI is InChI=1S/C17H19N3O/c1-12-5-3-4-6-16(12)19-17(21)15-10-18-9-13-11-20(2)8-7-14(13)15/h3-6,9-10H,7-8,11H2,1-2H3,(H,19,21). The predicted molar refractivity (Wildman–Crippen MR) is 83.4 cm³/mol. The van der Waals surface area contributed by atoms with E-state index in [-0.39, 0.29) is 5.91 Å². The van der Waals surface area contributed by atoms with Crippen LogP contribution >= 0.6 is 0 Å². The first kappa shape index (κ1) is 13.8. The quantitative estimate of drug-likeness (QED) is 0.920.